The van der Waals surface area contributed by atoms with Crippen molar-refractivity contribution >= 4 is 34.4 Å². The highest BCUT2D eigenvalue weighted by molar-refractivity contribution is 6.30. The molecule has 1 aliphatic rings. The molecule has 1 unspecified atom stereocenters. The predicted octanol–water partition coefficient (Wildman–Crippen LogP) is 4.80. The molecule has 3 aromatic carbocycles. The molecule has 1 aromatic heterocycles. The van der Waals surface area contributed by atoms with Crippen molar-refractivity contribution in [1.82, 2.24) is 15.1 Å². The third-order valence-corrected chi connectivity index (χ3v) is 7.41. The second-order valence-corrected chi connectivity index (χ2v) is 10.5. The molecule has 39 heavy (non-hydrogen) atoms. The van der Waals surface area contributed by atoms with Gasteiger partial charge in [0.1, 0.15) is 0 Å². The van der Waals surface area contributed by atoms with E-state index in [-0.39, 0.29) is 24.1 Å². The molecular formula is C31H30ClN3O4. The number of amides is 1. The fraction of sp³-hybridized carbons (Fsp3) is 0.290. The van der Waals surface area contributed by atoms with E-state index in [2.05, 4.69) is 28.6 Å². The van der Waals surface area contributed by atoms with Crippen LogP contribution in [-0.4, -0.2) is 28.3 Å². The zero-order chi connectivity index (χ0) is 27.4. The van der Waals surface area contributed by atoms with Crippen LogP contribution >= 0.6 is 11.6 Å². The van der Waals surface area contributed by atoms with Gasteiger partial charge in [0.25, 0.3) is 5.91 Å². The molecule has 1 aliphatic heterocycles. The Morgan fingerprint density at radius 1 is 1.03 bits per heavy atom. The van der Waals surface area contributed by atoms with E-state index in [1.807, 2.05) is 36.4 Å². The first-order chi connectivity index (χ1) is 18.9. The summed E-state index contributed by atoms with van der Waals surface area (Å²) in [6.07, 6.45) is 3.32. The van der Waals surface area contributed by atoms with Crippen LogP contribution in [0.3, 0.4) is 0 Å². The molecule has 1 atom stereocenters. The van der Waals surface area contributed by atoms with Crippen LogP contribution in [0.25, 0.3) is 10.9 Å². The number of aryl methyl sites for hydroxylation is 3. The molecule has 1 N–H and O–H groups in total. The van der Waals surface area contributed by atoms with Crippen LogP contribution in [0.4, 0.5) is 0 Å². The number of fused-ring (bicyclic) bond motifs is 1. The van der Waals surface area contributed by atoms with Gasteiger partial charge in [0.2, 0.25) is 5.43 Å². The van der Waals surface area contributed by atoms with Crippen LogP contribution in [0.2, 0.25) is 5.02 Å². The van der Waals surface area contributed by atoms with E-state index in [9.17, 15) is 14.4 Å². The molecule has 0 bridgehead atoms. The number of carbonyl (C=O) groups is 2. The van der Waals surface area contributed by atoms with Gasteiger partial charge >= 0.3 is 5.97 Å². The Labute approximate surface area is 231 Å². The first-order valence-electron chi connectivity index (χ1n) is 13.1. The largest absolute Gasteiger partial charge is 0.466 e. The Bertz CT molecular complexity index is 1570. The van der Waals surface area contributed by atoms with Crippen LogP contribution in [0, 0.1) is 5.92 Å². The Kier molecular flexibility index (Phi) is 8.07. The topological polar surface area (TPSA) is 90.3 Å². The van der Waals surface area contributed by atoms with E-state index in [0.717, 1.165) is 35.0 Å². The number of hydrogen-bond acceptors (Lipinski definition) is 5. The lowest BCUT2D eigenvalue weighted by Gasteiger charge is -2.22. The minimum atomic E-state index is -0.529. The summed E-state index contributed by atoms with van der Waals surface area (Å²) in [5, 5.41) is 8.28. The number of nitrogens with zero attached hydrogens (tertiary/aromatic N) is 2. The second kappa shape index (κ2) is 11.8. The second-order valence-electron chi connectivity index (χ2n) is 10.0. The quantitative estimate of drug-likeness (QED) is 0.322. The van der Waals surface area contributed by atoms with Crippen molar-refractivity contribution < 1.29 is 14.3 Å². The lowest BCUT2D eigenvalue weighted by molar-refractivity contribution is -0.149. The number of rotatable bonds is 8. The van der Waals surface area contributed by atoms with Gasteiger partial charge in [-0.05, 0) is 72.1 Å². The Hall–Kier alpha value is -3.97. The molecular weight excluding hydrogens is 514 g/mol. The van der Waals surface area contributed by atoms with Gasteiger partial charge < -0.3 is 10.1 Å². The third kappa shape index (κ3) is 6.37. The van der Waals surface area contributed by atoms with Crippen molar-refractivity contribution in [3.63, 3.8) is 0 Å². The molecule has 0 aliphatic carbocycles. The minimum Gasteiger partial charge on any atom is -0.466 e. The maximum atomic E-state index is 13.7. The van der Waals surface area contributed by atoms with Crippen LogP contribution in [-0.2, 0) is 42.4 Å². The number of esters is 1. The van der Waals surface area contributed by atoms with Gasteiger partial charge in [-0.3, -0.25) is 19.1 Å². The first kappa shape index (κ1) is 26.6. The zero-order valence-electron chi connectivity index (χ0n) is 21.8. The zero-order valence-corrected chi connectivity index (χ0v) is 22.5. The number of benzene rings is 3. The molecule has 0 radical (unpaired) electrons. The molecule has 7 nitrogen and oxygen atoms in total. The van der Waals surface area contributed by atoms with Crippen molar-refractivity contribution in [3.05, 3.63) is 110 Å². The number of nitrogens with one attached hydrogen (secondary N) is 1. The molecule has 1 fully saturated rings. The van der Waals surface area contributed by atoms with Gasteiger partial charge in [-0.1, -0.05) is 60.1 Å². The standard InChI is InChI=1S/C31H30ClN3O4/c1-35-29-24(10-7-20-5-3-2-4-6-20)16-23(15-22-13-14-39-27(36)18-22)17-26(29)30(37)28(34-35)31(38)33-19-21-8-11-25(32)12-9-21/h2-6,8-9,11-12,16-17,22H,7,10,13-15,18-19H2,1H3,(H,33,38). The number of hydrogen-bond donors (Lipinski definition) is 1. The highest BCUT2D eigenvalue weighted by atomic mass is 35.5. The summed E-state index contributed by atoms with van der Waals surface area (Å²) in [5.41, 5.74) is 4.20. The Balaban J connectivity index is 1.49. The monoisotopic (exact) mass is 543 g/mol. The first-order valence-corrected chi connectivity index (χ1v) is 13.5. The van der Waals surface area contributed by atoms with Gasteiger partial charge in [0, 0.05) is 25.0 Å². The fourth-order valence-electron chi connectivity index (χ4n) is 5.18. The van der Waals surface area contributed by atoms with Gasteiger partial charge in [-0.25, -0.2) is 0 Å². The van der Waals surface area contributed by atoms with E-state index < -0.39 is 11.3 Å². The molecule has 2 heterocycles. The molecule has 0 saturated carbocycles. The summed E-state index contributed by atoms with van der Waals surface area (Å²) in [6, 6.07) is 21.3. The van der Waals surface area contributed by atoms with E-state index in [4.69, 9.17) is 16.3 Å². The number of ether oxygens (including phenoxy) is 1. The predicted molar refractivity (Wildman–Crippen MR) is 151 cm³/mol. The van der Waals surface area contributed by atoms with E-state index in [0.29, 0.717) is 36.3 Å². The average Bonchev–Trinajstić information content (AvgIpc) is 2.93. The maximum absolute atomic E-state index is 13.7. The summed E-state index contributed by atoms with van der Waals surface area (Å²) < 4.78 is 6.75. The van der Waals surface area contributed by atoms with Crippen LogP contribution in [0.5, 0.6) is 0 Å². The van der Waals surface area contributed by atoms with Crippen molar-refractivity contribution in [1.29, 1.82) is 0 Å². The van der Waals surface area contributed by atoms with Gasteiger partial charge in [-0.2, -0.15) is 5.10 Å². The summed E-state index contributed by atoms with van der Waals surface area (Å²) >= 11 is 5.95. The molecule has 4 aromatic rings. The third-order valence-electron chi connectivity index (χ3n) is 7.16. The molecule has 0 spiro atoms. The van der Waals surface area contributed by atoms with E-state index in [1.54, 1.807) is 23.9 Å². The van der Waals surface area contributed by atoms with E-state index in [1.165, 1.54) is 5.56 Å². The highest BCUT2D eigenvalue weighted by Crippen LogP contribution is 2.26. The van der Waals surface area contributed by atoms with Crippen LogP contribution < -0.4 is 10.7 Å². The molecule has 1 saturated heterocycles. The number of carbonyl (C=O) groups excluding carboxylic acids is 2. The van der Waals surface area contributed by atoms with Gasteiger partial charge in [0.15, 0.2) is 5.69 Å². The lowest BCUT2D eigenvalue weighted by atomic mass is 9.89. The van der Waals surface area contributed by atoms with Crippen molar-refractivity contribution in [2.75, 3.05) is 6.61 Å². The summed E-state index contributed by atoms with van der Waals surface area (Å²) in [6.45, 7) is 0.667. The summed E-state index contributed by atoms with van der Waals surface area (Å²) in [7, 11) is 1.76. The van der Waals surface area contributed by atoms with Crippen molar-refractivity contribution in [3.8, 4) is 0 Å². The molecule has 8 heteroatoms. The number of aromatic nitrogens is 2. The van der Waals surface area contributed by atoms with Crippen LogP contribution in [0.1, 0.15) is 45.6 Å². The molecule has 5 rings (SSSR count). The van der Waals surface area contributed by atoms with Crippen molar-refractivity contribution in [2.24, 2.45) is 13.0 Å². The Morgan fingerprint density at radius 3 is 2.54 bits per heavy atom. The van der Waals surface area contributed by atoms with Crippen molar-refractivity contribution in [2.45, 2.75) is 38.6 Å². The minimum absolute atomic E-state index is 0.147. The normalized spacial score (nSPS) is 15.2. The molecule has 200 valence electrons. The van der Waals surface area contributed by atoms with Gasteiger partial charge in [0.05, 0.1) is 17.5 Å². The average molecular weight is 544 g/mol. The summed E-state index contributed by atoms with van der Waals surface area (Å²) in [4.78, 5) is 38.6. The number of cyclic esters (lactones) is 1. The highest BCUT2D eigenvalue weighted by Gasteiger charge is 2.23. The smallest absolute Gasteiger partial charge is 0.306 e. The Morgan fingerprint density at radius 2 is 1.79 bits per heavy atom. The maximum Gasteiger partial charge on any atom is 0.306 e. The van der Waals surface area contributed by atoms with E-state index >= 15 is 0 Å². The molecule has 1 amide bonds. The van der Waals surface area contributed by atoms with Crippen LogP contribution in [0.15, 0.2) is 71.5 Å². The number of halogens is 1. The summed E-state index contributed by atoms with van der Waals surface area (Å²) in [5.74, 6) is -0.562. The lowest BCUT2D eigenvalue weighted by Crippen LogP contribution is -2.31. The SMILES string of the molecule is Cn1nc(C(=O)NCc2ccc(Cl)cc2)c(=O)c2cc(CC3CCOC(=O)C3)cc(CCc3ccccc3)c21. The fourth-order valence-corrected chi connectivity index (χ4v) is 5.31. The van der Waals surface area contributed by atoms with Gasteiger partial charge in [-0.15, -0.1) is 0 Å².